The van der Waals surface area contributed by atoms with Crippen molar-refractivity contribution in [1.29, 1.82) is 10.7 Å². The first-order valence-electron chi connectivity index (χ1n) is 7.44. The molecule has 0 atom stereocenters. The highest BCUT2D eigenvalue weighted by Crippen LogP contribution is 2.26. The fraction of sp³-hybridized carbons (Fsp3) is 0.167. The molecule has 23 heavy (non-hydrogen) atoms. The molecule has 0 aliphatic heterocycles. The predicted molar refractivity (Wildman–Crippen MR) is 89.9 cm³/mol. The molecule has 3 rings (SSSR count). The lowest BCUT2D eigenvalue weighted by Gasteiger charge is -2.12. The van der Waals surface area contributed by atoms with Crippen molar-refractivity contribution in [2.45, 2.75) is 13.3 Å². The van der Waals surface area contributed by atoms with Crippen LogP contribution < -0.4 is 5.32 Å². The summed E-state index contributed by atoms with van der Waals surface area (Å²) >= 11 is 0. The van der Waals surface area contributed by atoms with Gasteiger partial charge in [-0.3, -0.25) is 5.41 Å². The van der Waals surface area contributed by atoms with Gasteiger partial charge in [0.25, 0.3) is 0 Å². The van der Waals surface area contributed by atoms with E-state index in [1.807, 2.05) is 30.3 Å². The summed E-state index contributed by atoms with van der Waals surface area (Å²) < 4.78 is 5.52. The topological polar surface area (TPSA) is 85.7 Å². The van der Waals surface area contributed by atoms with E-state index in [2.05, 4.69) is 17.2 Å². The highest BCUT2D eigenvalue weighted by molar-refractivity contribution is 6.19. The standard InChI is InChI=1S/C18H16N4O/c1-2-7-21-16-8-12(9-19)22-10-14(16)18(20)15-11-23-17-6-4-3-5-13(15)17/h3-6,8,10-11,20H,2,7H2,1H3,(H,21,22). The Morgan fingerprint density at radius 3 is 2.96 bits per heavy atom. The average Bonchev–Trinajstić information content (AvgIpc) is 3.03. The van der Waals surface area contributed by atoms with E-state index in [4.69, 9.17) is 15.1 Å². The number of anilines is 1. The van der Waals surface area contributed by atoms with E-state index in [-0.39, 0.29) is 0 Å². The van der Waals surface area contributed by atoms with Crippen LogP contribution in [0.15, 0.2) is 47.2 Å². The Morgan fingerprint density at radius 1 is 1.35 bits per heavy atom. The van der Waals surface area contributed by atoms with E-state index < -0.39 is 0 Å². The van der Waals surface area contributed by atoms with Gasteiger partial charge in [0.15, 0.2) is 0 Å². The zero-order valence-corrected chi connectivity index (χ0v) is 12.8. The monoisotopic (exact) mass is 304 g/mol. The SMILES string of the molecule is CCCNc1cc(C#N)ncc1C(=N)c1coc2ccccc12. The summed E-state index contributed by atoms with van der Waals surface area (Å²) in [4.78, 5) is 4.10. The van der Waals surface area contributed by atoms with Crippen LogP contribution in [0.5, 0.6) is 0 Å². The van der Waals surface area contributed by atoms with Crippen molar-refractivity contribution < 1.29 is 4.42 Å². The number of hydrogen-bond acceptors (Lipinski definition) is 5. The highest BCUT2D eigenvalue weighted by Gasteiger charge is 2.16. The van der Waals surface area contributed by atoms with Crippen molar-refractivity contribution in [3.63, 3.8) is 0 Å². The summed E-state index contributed by atoms with van der Waals surface area (Å²) in [7, 11) is 0. The molecule has 2 N–H and O–H groups in total. The summed E-state index contributed by atoms with van der Waals surface area (Å²) in [5.41, 5.74) is 3.52. The molecule has 1 aromatic carbocycles. The zero-order valence-electron chi connectivity index (χ0n) is 12.8. The molecule has 5 heteroatoms. The average molecular weight is 304 g/mol. The summed E-state index contributed by atoms with van der Waals surface area (Å²) in [5, 5.41) is 21.7. The molecular weight excluding hydrogens is 288 g/mol. The summed E-state index contributed by atoms with van der Waals surface area (Å²) in [5.74, 6) is 0. The maximum atomic E-state index is 9.03. The van der Waals surface area contributed by atoms with Crippen LogP contribution in [0.3, 0.4) is 0 Å². The molecule has 0 unspecified atom stereocenters. The lowest BCUT2D eigenvalue weighted by atomic mass is 10.0. The molecule has 114 valence electrons. The fourth-order valence-corrected chi connectivity index (χ4v) is 2.44. The minimum atomic E-state index is 0.325. The van der Waals surface area contributed by atoms with Crippen LogP contribution in [0, 0.1) is 16.7 Å². The predicted octanol–water partition coefficient (Wildman–Crippen LogP) is 3.94. The van der Waals surface area contributed by atoms with Crippen molar-refractivity contribution in [3.8, 4) is 6.07 Å². The van der Waals surface area contributed by atoms with E-state index in [0.29, 0.717) is 22.5 Å². The number of nitriles is 1. The van der Waals surface area contributed by atoms with Gasteiger partial charge in [0.2, 0.25) is 0 Å². The van der Waals surface area contributed by atoms with Crippen molar-refractivity contribution >= 4 is 22.4 Å². The molecule has 0 spiro atoms. The van der Waals surface area contributed by atoms with Gasteiger partial charge >= 0.3 is 0 Å². The highest BCUT2D eigenvalue weighted by atomic mass is 16.3. The van der Waals surface area contributed by atoms with E-state index >= 15 is 0 Å². The van der Waals surface area contributed by atoms with Crippen molar-refractivity contribution in [3.05, 3.63) is 59.6 Å². The number of fused-ring (bicyclic) bond motifs is 1. The van der Waals surface area contributed by atoms with E-state index in [1.54, 1.807) is 18.5 Å². The molecule has 0 saturated carbocycles. The Morgan fingerprint density at radius 2 is 2.17 bits per heavy atom. The third kappa shape index (κ3) is 2.79. The van der Waals surface area contributed by atoms with Gasteiger partial charge in [-0.15, -0.1) is 0 Å². The summed E-state index contributed by atoms with van der Waals surface area (Å²) in [6.07, 6.45) is 4.11. The Labute approximate surface area is 134 Å². The number of nitrogens with zero attached hydrogens (tertiary/aromatic N) is 2. The number of furan rings is 1. The number of aromatic nitrogens is 1. The van der Waals surface area contributed by atoms with Crippen LogP contribution >= 0.6 is 0 Å². The third-order valence-corrected chi connectivity index (χ3v) is 3.60. The van der Waals surface area contributed by atoms with Crippen molar-refractivity contribution in [2.24, 2.45) is 0 Å². The van der Waals surface area contributed by atoms with Gasteiger partial charge in [0.1, 0.15) is 23.6 Å². The quantitative estimate of drug-likeness (QED) is 0.699. The third-order valence-electron chi connectivity index (χ3n) is 3.60. The van der Waals surface area contributed by atoms with Gasteiger partial charge in [-0.2, -0.15) is 5.26 Å². The van der Waals surface area contributed by atoms with E-state index in [9.17, 15) is 0 Å². The van der Waals surface area contributed by atoms with Crippen LogP contribution in [0.4, 0.5) is 5.69 Å². The summed E-state index contributed by atoms with van der Waals surface area (Å²) in [6.45, 7) is 2.83. The molecule has 2 heterocycles. The summed E-state index contributed by atoms with van der Waals surface area (Å²) in [6, 6.07) is 11.3. The first-order chi connectivity index (χ1) is 11.2. The number of hydrogen-bond donors (Lipinski definition) is 2. The zero-order chi connectivity index (χ0) is 16.2. The first-order valence-corrected chi connectivity index (χ1v) is 7.44. The molecule has 0 bridgehead atoms. The number of nitrogens with one attached hydrogen (secondary N) is 2. The van der Waals surface area contributed by atoms with Gasteiger partial charge in [0.05, 0.1) is 5.71 Å². The second-order valence-electron chi connectivity index (χ2n) is 5.17. The van der Waals surface area contributed by atoms with Crippen molar-refractivity contribution in [2.75, 3.05) is 11.9 Å². The second-order valence-corrected chi connectivity index (χ2v) is 5.17. The van der Waals surface area contributed by atoms with Crippen LogP contribution in [0.2, 0.25) is 0 Å². The van der Waals surface area contributed by atoms with Gasteiger partial charge in [0, 0.05) is 34.9 Å². The van der Waals surface area contributed by atoms with Crippen LogP contribution in [0.1, 0.15) is 30.2 Å². The Kier molecular flexibility index (Phi) is 4.07. The Hall–Kier alpha value is -3.13. The molecule has 0 amide bonds. The van der Waals surface area contributed by atoms with Gasteiger partial charge < -0.3 is 9.73 Å². The van der Waals surface area contributed by atoms with Crippen LogP contribution in [0.25, 0.3) is 11.0 Å². The number of benzene rings is 1. The maximum absolute atomic E-state index is 9.03. The molecular formula is C18H16N4O. The smallest absolute Gasteiger partial charge is 0.142 e. The first kappa shape index (κ1) is 14.8. The largest absolute Gasteiger partial charge is 0.464 e. The normalized spacial score (nSPS) is 10.4. The maximum Gasteiger partial charge on any atom is 0.142 e. The minimum absolute atomic E-state index is 0.325. The Bertz CT molecular complexity index is 905. The molecule has 0 aliphatic carbocycles. The van der Waals surface area contributed by atoms with Gasteiger partial charge in [-0.05, 0) is 18.6 Å². The van der Waals surface area contributed by atoms with Gasteiger partial charge in [-0.1, -0.05) is 25.1 Å². The van der Waals surface area contributed by atoms with Crippen LogP contribution in [-0.2, 0) is 0 Å². The molecule has 0 aliphatic rings. The molecule has 0 fully saturated rings. The van der Waals surface area contributed by atoms with E-state index in [0.717, 1.165) is 29.6 Å². The number of rotatable bonds is 5. The fourth-order valence-electron chi connectivity index (χ4n) is 2.44. The van der Waals surface area contributed by atoms with Gasteiger partial charge in [-0.25, -0.2) is 4.98 Å². The minimum Gasteiger partial charge on any atom is -0.464 e. The number of para-hydroxylation sites is 1. The van der Waals surface area contributed by atoms with E-state index in [1.165, 1.54) is 0 Å². The molecule has 0 radical (unpaired) electrons. The molecule has 0 saturated heterocycles. The Balaban J connectivity index is 2.06. The second kappa shape index (κ2) is 6.32. The van der Waals surface area contributed by atoms with Crippen molar-refractivity contribution in [1.82, 2.24) is 4.98 Å². The molecule has 3 aromatic rings. The number of pyridine rings is 1. The van der Waals surface area contributed by atoms with Crippen LogP contribution in [-0.4, -0.2) is 17.2 Å². The lowest BCUT2D eigenvalue weighted by Crippen LogP contribution is -2.09. The molecule has 2 aromatic heterocycles. The molecule has 5 nitrogen and oxygen atoms in total. The lowest BCUT2D eigenvalue weighted by molar-refractivity contribution is 0.615.